The van der Waals surface area contributed by atoms with Gasteiger partial charge in [0.15, 0.2) is 0 Å². The summed E-state index contributed by atoms with van der Waals surface area (Å²) in [6.07, 6.45) is 4.25. The number of nitrogens with zero attached hydrogens (tertiary/aromatic N) is 2. The van der Waals surface area contributed by atoms with E-state index in [0.29, 0.717) is 12.5 Å². The minimum atomic E-state index is 0.0430. The van der Waals surface area contributed by atoms with Gasteiger partial charge >= 0.3 is 0 Å². The fourth-order valence-electron chi connectivity index (χ4n) is 3.01. The lowest BCUT2D eigenvalue weighted by molar-refractivity contribution is -0.138. The van der Waals surface area contributed by atoms with E-state index >= 15 is 0 Å². The first-order valence-corrected chi connectivity index (χ1v) is 8.20. The summed E-state index contributed by atoms with van der Waals surface area (Å²) >= 11 is 0. The molecular formula is C16H33N3O. The minimum absolute atomic E-state index is 0.0430. The molecule has 20 heavy (non-hydrogen) atoms. The first-order chi connectivity index (χ1) is 9.46. The maximum absolute atomic E-state index is 12.6. The second-order valence-electron chi connectivity index (χ2n) is 6.60. The number of rotatable bonds is 7. The molecule has 4 nitrogen and oxygen atoms in total. The molecule has 0 unspecified atom stereocenters. The third-order valence-corrected chi connectivity index (χ3v) is 4.57. The largest absolute Gasteiger partial charge is 0.340 e. The highest BCUT2D eigenvalue weighted by atomic mass is 16.2. The molecular weight excluding hydrogens is 250 g/mol. The lowest BCUT2D eigenvalue weighted by Crippen LogP contribution is -2.58. The van der Waals surface area contributed by atoms with Gasteiger partial charge in [-0.2, -0.15) is 0 Å². The van der Waals surface area contributed by atoms with Crippen molar-refractivity contribution in [3.8, 4) is 0 Å². The number of amides is 1. The van der Waals surface area contributed by atoms with E-state index < -0.39 is 0 Å². The Morgan fingerprint density at radius 1 is 1.10 bits per heavy atom. The summed E-state index contributed by atoms with van der Waals surface area (Å²) in [5.74, 6) is 0.609. The smallest absolute Gasteiger partial charge is 0.225 e. The van der Waals surface area contributed by atoms with Gasteiger partial charge in [0.25, 0.3) is 0 Å². The molecule has 1 amide bonds. The Bertz CT molecular complexity index is 290. The summed E-state index contributed by atoms with van der Waals surface area (Å²) in [5, 5.41) is 0. The van der Waals surface area contributed by atoms with Crippen LogP contribution in [-0.2, 0) is 4.79 Å². The molecule has 1 heterocycles. The zero-order valence-corrected chi connectivity index (χ0v) is 13.8. The average molecular weight is 283 g/mol. The predicted octanol–water partition coefficient (Wildman–Crippen LogP) is 2.08. The van der Waals surface area contributed by atoms with Gasteiger partial charge in [-0.05, 0) is 26.7 Å². The van der Waals surface area contributed by atoms with Gasteiger partial charge in [0, 0.05) is 44.2 Å². The summed E-state index contributed by atoms with van der Waals surface area (Å²) in [5.41, 5.74) is 5.88. The summed E-state index contributed by atoms with van der Waals surface area (Å²) in [6.45, 7) is 13.0. The maximum Gasteiger partial charge on any atom is 0.225 e. The first-order valence-electron chi connectivity index (χ1n) is 8.20. The Kier molecular flexibility index (Phi) is 6.96. The third kappa shape index (κ3) is 4.45. The molecule has 1 rings (SSSR count). The minimum Gasteiger partial charge on any atom is -0.340 e. The van der Waals surface area contributed by atoms with Crippen molar-refractivity contribution in [1.29, 1.82) is 0 Å². The van der Waals surface area contributed by atoms with Crippen LogP contribution < -0.4 is 5.73 Å². The molecule has 0 radical (unpaired) electrons. The quantitative estimate of drug-likeness (QED) is 0.778. The van der Waals surface area contributed by atoms with E-state index in [1.165, 1.54) is 0 Å². The Balaban J connectivity index is 2.53. The van der Waals surface area contributed by atoms with Gasteiger partial charge in [-0.1, -0.05) is 26.7 Å². The van der Waals surface area contributed by atoms with Crippen LogP contribution in [0.15, 0.2) is 0 Å². The van der Waals surface area contributed by atoms with E-state index in [0.717, 1.165) is 51.9 Å². The fourth-order valence-corrected chi connectivity index (χ4v) is 3.01. The molecule has 0 saturated carbocycles. The third-order valence-electron chi connectivity index (χ3n) is 4.57. The van der Waals surface area contributed by atoms with Crippen molar-refractivity contribution in [3.63, 3.8) is 0 Å². The summed E-state index contributed by atoms with van der Waals surface area (Å²) in [4.78, 5) is 17.1. The van der Waals surface area contributed by atoms with Gasteiger partial charge in [0.2, 0.25) is 5.91 Å². The van der Waals surface area contributed by atoms with Crippen LogP contribution in [0.3, 0.4) is 0 Å². The van der Waals surface area contributed by atoms with E-state index in [1.54, 1.807) is 0 Å². The lowest BCUT2D eigenvalue weighted by atomic mass is 9.96. The van der Waals surface area contributed by atoms with Crippen molar-refractivity contribution in [2.45, 2.75) is 58.9 Å². The Morgan fingerprint density at radius 2 is 1.60 bits per heavy atom. The van der Waals surface area contributed by atoms with E-state index in [-0.39, 0.29) is 11.5 Å². The number of hydrogen-bond acceptors (Lipinski definition) is 3. The summed E-state index contributed by atoms with van der Waals surface area (Å²) < 4.78 is 0. The molecule has 0 atom stereocenters. The van der Waals surface area contributed by atoms with Crippen LogP contribution in [0.2, 0.25) is 0 Å². The number of nitrogens with two attached hydrogens (primary N) is 1. The Morgan fingerprint density at radius 3 is 2.00 bits per heavy atom. The average Bonchev–Trinajstić information content (AvgIpc) is 2.46. The van der Waals surface area contributed by atoms with Crippen LogP contribution in [0.5, 0.6) is 0 Å². The molecule has 1 saturated heterocycles. The van der Waals surface area contributed by atoms with Crippen molar-refractivity contribution < 1.29 is 4.79 Å². The normalized spacial score (nSPS) is 17.8. The number of piperazine rings is 1. The van der Waals surface area contributed by atoms with Crippen molar-refractivity contribution in [2.24, 2.45) is 11.7 Å². The van der Waals surface area contributed by atoms with E-state index in [9.17, 15) is 4.79 Å². The Labute approximate surface area is 124 Å². The second kappa shape index (κ2) is 7.99. The van der Waals surface area contributed by atoms with Gasteiger partial charge in [0.05, 0.1) is 0 Å². The molecule has 4 heteroatoms. The fraction of sp³-hybridized carbons (Fsp3) is 0.938. The topological polar surface area (TPSA) is 49.6 Å². The Hall–Kier alpha value is -0.610. The highest BCUT2D eigenvalue weighted by Gasteiger charge is 2.31. The van der Waals surface area contributed by atoms with Gasteiger partial charge in [0.1, 0.15) is 0 Å². The van der Waals surface area contributed by atoms with Crippen LogP contribution in [-0.4, -0.2) is 54.0 Å². The molecule has 0 aromatic heterocycles. The molecule has 0 aliphatic carbocycles. The lowest BCUT2D eigenvalue weighted by Gasteiger charge is -2.44. The van der Waals surface area contributed by atoms with Gasteiger partial charge in [-0.25, -0.2) is 0 Å². The van der Waals surface area contributed by atoms with Gasteiger partial charge in [-0.3, -0.25) is 9.69 Å². The number of hydrogen-bond donors (Lipinski definition) is 1. The predicted molar refractivity (Wildman–Crippen MR) is 84.6 cm³/mol. The van der Waals surface area contributed by atoms with Crippen LogP contribution in [0.4, 0.5) is 0 Å². The van der Waals surface area contributed by atoms with E-state index in [1.807, 2.05) is 0 Å². The maximum atomic E-state index is 12.6. The highest BCUT2D eigenvalue weighted by Crippen LogP contribution is 2.20. The second-order valence-corrected chi connectivity index (χ2v) is 6.60. The molecule has 1 aliphatic rings. The summed E-state index contributed by atoms with van der Waals surface area (Å²) in [6, 6.07) is 0. The molecule has 2 N–H and O–H groups in total. The molecule has 1 fully saturated rings. The van der Waals surface area contributed by atoms with Crippen molar-refractivity contribution in [3.05, 3.63) is 0 Å². The zero-order chi connectivity index (χ0) is 15.2. The van der Waals surface area contributed by atoms with Gasteiger partial charge in [-0.15, -0.1) is 0 Å². The van der Waals surface area contributed by atoms with Crippen LogP contribution in [0, 0.1) is 5.92 Å². The van der Waals surface area contributed by atoms with Gasteiger partial charge < -0.3 is 10.6 Å². The first kappa shape index (κ1) is 17.4. The monoisotopic (exact) mass is 283 g/mol. The van der Waals surface area contributed by atoms with Crippen molar-refractivity contribution in [2.75, 3.05) is 32.7 Å². The molecule has 0 aromatic carbocycles. The number of carbonyl (C=O) groups is 1. The van der Waals surface area contributed by atoms with Crippen molar-refractivity contribution >= 4 is 5.91 Å². The van der Waals surface area contributed by atoms with Crippen LogP contribution in [0.25, 0.3) is 0 Å². The van der Waals surface area contributed by atoms with Crippen molar-refractivity contribution in [1.82, 2.24) is 9.80 Å². The zero-order valence-electron chi connectivity index (χ0n) is 13.8. The number of carbonyl (C=O) groups excluding carboxylic acids is 1. The molecule has 0 aromatic rings. The van der Waals surface area contributed by atoms with Crippen LogP contribution >= 0.6 is 0 Å². The summed E-state index contributed by atoms with van der Waals surface area (Å²) in [7, 11) is 0. The standard InChI is InChI=1S/C16H33N3O/c1-5-7-14(8-6-2)15(20)18-9-11-19(12-10-18)16(3,4)13-17/h14H,5-13,17H2,1-4H3. The highest BCUT2D eigenvalue weighted by molar-refractivity contribution is 5.78. The van der Waals surface area contributed by atoms with E-state index in [4.69, 9.17) is 5.73 Å². The van der Waals surface area contributed by atoms with Crippen LogP contribution in [0.1, 0.15) is 53.4 Å². The molecule has 0 spiro atoms. The molecule has 0 bridgehead atoms. The van der Waals surface area contributed by atoms with E-state index in [2.05, 4.69) is 37.5 Å². The molecule has 1 aliphatic heterocycles. The SMILES string of the molecule is CCCC(CCC)C(=O)N1CCN(C(C)(C)CN)CC1. The molecule has 118 valence electrons.